The van der Waals surface area contributed by atoms with Gasteiger partial charge in [0.05, 0.1) is 12.3 Å². The lowest BCUT2D eigenvalue weighted by Crippen LogP contribution is -2.28. The van der Waals surface area contributed by atoms with Gasteiger partial charge in [0.25, 0.3) is 5.91 Å². The molecule has 2 N–H and O–H groups in total. The molecule has 4 rings (SSSR count). The van der Waals surface area contributed by atoms with Gasteiger partial charge in [0.2, 0.25) is 0 Å². The third-order valence-electron chi connectivity index (χ3n) is 5.69. The molecule has 9 nitrogen and oxygen atoms in total. The number of amides is 1. The number of aryl methyl sites for hydroxylation is 2. The molecule has 35 heavy (non-hydrogen) atoms. The Hall–Kier alpha value is -3.92. The molecule has 0 spiro atoms. The smallest absolute Gasteiger partial charge is 0.335 e. The summed E-state index contributed by atoms with van der Waals surface area (Å²) in [5.74, 6) is -1.22. The Labute approximate surface area is 205 Å². The van der Waals surface area contributed by atoms with Gasteiger partial charge in [-0.3, -0.25) is 14.2 Å². The summed E-state index contributed by atoms with van der Waals surface area (Å²) in [7, 11) is 0. The molecule has 0 aliphatic rings. The number of hydrogen-bond donors (Lipinski definition) is 1. The predicted octanol–water partition coefficient (Wildman–Crippen LogP) is 3.25. The fourth-order valence-corrected chi connectivity index (χ4v) is 4.18. The molecule has 0 unspecified atom stereocenters. The molecule has 1 amide bonds. The first-order chi connectivity index (χ1) is 16.7. The minimum Gasteiger partial charge on any atom is -0.465 e. The Morgan fingerprint density at radius 3 is 2.37 bits per heavy atom. The first-order valence-corrected chi connectivity index (χ1v) is 12.2. The van der Waals surface area contributed by atoms with Crippen LogP contribution in [-0.2, 0) is 16.1 Å². The molecular weight excluding hydrogens is 466 g/mol. The largest absolute Gasteiger partial charge is 0.465 e. The predicted molar refractivity (Wildman–Crippen MR) is 135 cm³/mol. The lowest BCUT2D eigenvalue weighted by molar-refractivity contribution is -0.143. The average Bonchev–Trinajstić information content (AvgIpc) is 3.11. The van der Waals surface area contributed by atoms with Gasteiger partial charge in [-0.1, -0.05) is 18.2 Å². The summed E-state index contributed by atoms with van der Waals surface area (Å²) in [4.78, 5) is 48.6. The van der Waals surface area contributed by atoms with E-state index in [0.29, 0.717) is 11.3 Å². The third kappa shape index (κ3) is 4.57. The number of fused-ring (bicyclic) bond motifs is 1. The number of aromatic nitrogens is 4. The zero-order valence-corrected chi connectivity index (χ0v) is 20.7. The molecule has 2 aromatic heterocycles. The Balaban J connectivity index is 2.07. The zero-order valence-electron chi connectivity index (χ0n) is 19.9. The van der Waals surface area contributed by atoms with Gasteiger partial charge in [-0.2, -0.15) is 0 Å². The quantitative estimate of drug-likeness (QED) is 0.311. The van der Waals surface area contributed by atoms with E-state index in [1.165, 1.54) is 4.57 Å². The van der Waals surface area contributed by atoms with Crippen LogP contribution in [0.5, 0.6) is 0 Å². The molecular formula is C25H25N5O4S. The molecule has 2 heterocycles. The first kappa shape index (κ1) is 24.2. The van der Waals surface area contributed by atoms with Gasteiger partial charge in [0, 0.05) is 10.5 Å². The fourth-order valence-electron chi connectivity index (χ4n) is 3.78. The second-order valence-corrected chi connectivity index (χ2v) is 8.82. The standard InChI is InChI=1S/C25H25N5O4S/c1-5-34-19(31)13-29-21-20(22(26)32)27-23(16-7-10-18(35-4)11-8-16)28-24(21)30(25(29)33)17-9-6-14(2)15(3)12-17/h6-12H,5,13H2,1-4H3,(H2,26,32). The lowest BCUT2D eigenvalue weighted by Gasteiger charge is -2.09. The van der Waals surface area contributed by atoms with E-state index in [0.717, 1.165) is 20.6 Å². The molecule has 0 saturated carbocycles. The van der Waals surface area contributed by atoms with Crippen LogP contribution in [0.25, 0.3) is 28.2 Å². The summed E-state index contributed by atoms with van der Waals surface area (Å²) in [5, 5.41) is 0. The van der Waals surface area contributed by atoms with Crippen molar-refractivity contribution in [3.05, 3.63) is 69.8 Å². The maximum Gasteiger partial charge on any atom is 0.335 e. The van der Waals surface area contributed by atoms with E-state index in [-0.39, 0.29) is 29.3 Å². The van der Waals surface area contributed by atoms with Gasteiger partial charge in [-0.15, -0.1) is 11.8 Å². The van der Waals surface area contributed by atoms with Crippen molar-refractivity contribution in [1.29, 1.82) is 0 Å². The van der Waals surface area contributed by atoms with Crippen molar-refractivity contribution in [2.75, 3.05) is 12.9 Å². The molecule has 0 aliphatic carbocycles. The van der Waals surface area contributed by atoms with E-state index >= 15 is 0 Å². The van der Waals surface area contributed by atoms with Crippen molar-refractivity contribution in [3.8, 4) is 17.1 Å². The molecule has 0 atom stereocenters. The number of nitrogens with two attached hydrogens (primary N) is 1. The maximum absolute atomic E-state index is 13.6. The van der Waals surface area contributed by atoms with Crippen LogP contribution in [0.15, 0.2) is 52.2 Å². The van der Waals surface area contributed by atoms with Gasteiger partial charge in [0.1, 0.15) is 12.1 Å². The molecule has 0 saturated heterocycles. The van der Waals surface area contributed by atoms with E-state index in [2.05, 4.69) is 9.97 Å². The summed E-state index contributed by atoms with van der Waals surface area (Å²) in [5.41, 5.74) is 8.48. The van der Waals surface area contributed by atoms with Crippen LogP contribution < -0.4 is 11.4 Å². The van der Waals surface area contributed by atoms with Crippen molar-refractivity contribution in [1.82, 2.24) is 19.1 Å². The first-order valence-electron chi connectivity index (χ1n) is 11.0. The summed E-state index contributed by atoms with van der Waals surface area (Å²) in [6.07, 6.45) is 1.97. The maximum atomic E-state index is 13.6. The van der Waals surface area contributed by atoms with Gasteiger partial charge in [-0.05, 0) is 62.4 Å². The number of carbonyl (C=O) groups excluding carboxylic acids is 2. The van der Waals surface area contributed by atoms with Crippen molar-refractivity contribution in [2.24, 2.45) is 5.73 Å². The molecule has 0 radical (unpaired) electrons. The normalized spacial score (nSPS) is 11.1. The van der Waals surface area contributed by atoms with Crippen LogP contribution in [0.3, 0.4) is 0 Å². The molecule has 0 bridgehead atoms. The van der Waals surface area contributed by atoms with Gasteiger partial charge in [-0.25, -0.2) is 19.3 Å². The van der Waals surface area contributed by atoms with Crippen LogP contribution in [0, 0.1) is 13.8 Å². The number of benzene rings is 2. The minimum absolute atomic E-state index is 0.0817. The molecule has 0 aliphatic heterocycles. The number of primary amides is 1. The number of carbonyl (C=O) groups is 2. The van der Waals surface area contributed by atoms with Gasteiger partial charge in [0.15, 0.2) is 17.2 Å². The molecule has 2 aromatic carbocycles. The number of esters is 1. The van der Waals surface area contributed by atoms with Crippen LogP contribution >= 0.6 is 11.8 Å². The highest BCUT2D eigenvalue weighted by Gasteiger charge is 2.26. The van der Waals surface area contributed by atoms with E-state index in [1.807, 2.05) is 56.5 Å². The van der Waals surface area contributed by atoms with Crippen LogP contribution in [0.2, 0.25) is 0 Å². The monoisotopic (exact) mass is 491 g/mol. The highest BCUT2D eigenvalue weighted by atomic mass is 32.2. The highest BCUT2D eigenvalue weighted by Crippen LogP contribution is 2.26. The summed E-state index contributed by atoms with van der Waals surface area (Å²) in [6.45, 7) is 5.32. The van der Waals surface area contributed by atoms with Crippen molar-refractivity contribution < 1.29 is 14.3 Å². The molecule has 180 valence electrons. The lowest BCUT2D eigenvalue weighted by atomic mass is 10.1. The van der Waals surface area contributed by atoms with E-state index in [9.17, 15) is 14.4 Å². The van der Waals surface area contributed by atoms with E-state index in [4.69, 9.17) is 10.5 Å². The molecule has 10 heteroatoms. The molecule has 4 aromatic rings. The number of ether oxygens (including phenoxy) is 1. The Morgan fingerprint density at radius 2 is 1.77 bits per heavy atom. The second-order valence-electron chi connectivity index (χ2n) is 7.94. The van der Waals surface area contributed by atoms with Gasteiger partial charge >= 0.3 is 11.7 Å². The van der Waals surface area contributed by atoms with Crippen LogP contribution in [-0.4, -0.2) is 43.8 Å². The number of hydrogen-bond acceptors (Lipinski definition) is 7. The Bertz CT molecular complexity index is 1510. The Morgan fingerprint density at radius 1 is 1.06 bits per heavy atom. The SMILES string of the molecule is CCOC(=O)Cn1c(=O)n(-c2ccc(C)c(C)c2)c2nc(-c3ccc(SC)cc3)nc(C(N)=O)c21. The summed E-state index contributed by atoms with van der Waals surface area (Å²) < 4.78 is 7.56. The Kier molecular flexibility index (Phi) is 6.74. The fraction of sp³-hybridized carbons (Fsp3) is 0.240. The van der Waals surface area contributed by atoms with Crippen molar-refractivity contribution >= 4 is 34.8 Å². The topological polar surface area (TPSA) is 122 Å². The molecule has 0 fully saturated rings. The summed E-state index contributed by atoms with van der Waals surface area (Å²) in [6, 6.07) is 13.0. The van der Waals surface area contributed by atoms with Crippen LogP contribution in [0.1, 0.15) is 28.5 Å². The average molecular weight is 492 g/mol. The van der Waals surface area contributed by atoms with Crippen LogP contribution in [0.4, 0.5) is 0 Å². The van der Waals surface area contributed by atoms with Crippen molar-refractivity contribution in [2.45, 2.75) is 32.2 Å². The number of thioether (sulfide) groups is 1. The number of rotatable bonds is 7. The van der Waals surface area contributed by atoms with Gasteiger partial charge < -0.3 is 10.5 Å². The number of imidazole rings is 1. The highest BCUT2D eigenvalue weighted by molar-refractivity contribution is 7.98. The van der Waals surface area contributed by atoms with E-state index < -0.39 is 24.1 Å². The number of nitrogens with zero attached hydrogens (tertiary/aromatic N) is 4. The van der Waals surface area contributed by atoms with Crippen molar-refractivity contribution in [3.63, 3.8) is 0 Å². The second kappa shape index (κ2) is 9.75. The zero-order chi connectivity index (χ0) is 25.3. The minimum atomic E-state index is -0.839. The summed E-state index contributed by atoms with van der Waals surface area (Å²) >= 11 is 1.59. The third-order valence-corrected chi connectivity index (χ3v) is 6.44. The van der Waals surface area contributed by atoms with E-state index in [1.54, 1.807) is 24.8 Å².